The Hall–Kier alpha value is -8.72. The van der Waals surface area contributed by atoms with Crippen molar-refractivity contribution >= 4 is 77.2 Å². The molecule has 0 unspecified atom stereocenters. The van der Waals surface area contributed by atoms with Gasteiger partial charge < -0.3 is 9.80 Å². The van der Waals surface area contributed by atoms with Crippen LogP contribution in [0.1, 0.15) is 0 Å². The Labute approximate surface area is 385 Å². The first-order valence-corrected chi connectivity index (χ1v) is 22.7. The number of anilines is 6. The number of para-hydroxylation sites is 4. The van der Waals surface area contributed by atoms with E-state index in [-0.39, 0.29) is 0 Å². The van der Waals surface area contributed by atoms with Crippen molar-refractivity contribution in [3.63, 3.8) is 0 Å². The molecule has 0 aromatic heterocycles. The van der Waals surface area contributed by atoms with Crippen molar-refractivity contribution in [1.29, 1.82) is 0 Å². The number of benzene rings is 12. The van der Waals surface area contributed by atoms with Crippen LogP contribution in [0.4, 0.5) is 34.1 Å². The Kier molecular flexibility index (Phi) is 9.89. The molecular formula is C64H44N2. The normalized spacial score (nSPS) is 11.3. The minimum Gasteiger partial charge on any atom is -0.310 e. The number of fused-ring (bicyclic) bond motifs is 4. The summed E-state index contributed by atoms with van der Waals surface area (Å²) in [6.45, 7) is 0. The maximum atomic E-state index is 2.36. The zero-order chi connectivity index (χ0) is 43.8. The van der Waals surface area contributed by atoms with Gasteiger partial charge in [0.2, 0.25) is 0 Å². The highest BCUT2D eigenvalue weighted by Crippen LogP contribution is 2.45. The third-order valence-electron chi connectivity index (χ3n) is 13.0. The van der Waals surface area contributed by atoms with Crippen LogP contribution in [0.25, 0.3) is 76.5 Å². The summed E-state index contributed by atoms with van der Waals surface area (Å²) in [6.07, 6.45) is 0. The summed E-state index contributed by atoms with van der Waals surface area (Å²) in [5, 5.41) is 9.77. The maximum Gasteiger partial charge on any atom is 0.0540 e. The lowest BCUT2D eigenvalue weighted by Gasteiger charge is -2.27. The summed E-state index contributed by atoms with van der Waals surface area (Å²) in [7, 11) is 0. The van der Waals surface area contributed by atoms with Crippen LogP contribution in [0, 0.1) is 0 Å². The third-order valence-corrected chi connectivity index (χ3v) is 13.0. The van der Waals surface area contributed by atoms with Crippen LogP contribution in [0.2, 0.25) is 0 Å². The monoisotopic (exact) mass is 840 g/mol. The molecule has 0 spiro atoms. The van der Waals surface area contributed by atoms with Crippen LogP contribution in [-0.4, -0.2) is 0 Å². The molecule has 0 aliphatic carbocycles. The fourth-order valence-electron chi connectivity index (χ4n) is 10.0. The molecule has 0 saturated heterocycles. The molecule has 0 fully saturated rings. The molecule has 12 aromatic rings. The van der Waals surface area contributed by atoms with Crippen LogP contribution >= 0.6 is 0 Å². The van der Waals surface area contributed by atoms with Crippen molar-refractivity contribution in [2.75, 3.05) is 9.80 Å². The van der Waals surface area contributed by atoms with Gasteiger partial charge >= 0.3 is 0 Å². The molecule has 0 saturated carbocycles. The first-order valence-electron chi connectivity index (χ1n) is 22.7. The predicted molar refractivity (Wildman–Crippen MR) is 282 cm³/mol. The second kappa shape index (κ2) is 16.8. The quantitative estimate of drug-likeness (QED) is 0.143. The van der Waals surface area contributed by atoms with E-state index < -0.39 is 0 Å². The third kappa shape index (κ3) is 6.93. The van der Waals surface area contributed by atoms with Crippen molar-refractivity contribution in [2.45, 2.75) is 0 Å². The molecule has 12 rings (SSSR count). The van der Waals surface area contributed by atoms with Gasteiger partial charge in [-0.05, 0) is 144 Å². The molecule has 66 heavy (non-hydrogen) atoms. The second-order valence-corrected chi connectivity index (χ2v) is 16.8. The fourth-order valence-corrected chi connectivity index (χ4v) is 10.0. The van der Waals surface area contributed by atoms with E-state index in [1.165, 1.54) is 76.5 Å². The molecule has 0 radical (unpaired) electrons. The Morgan fingerprint density at radius 3 is 1.09 bits per heavy atom. The Balaban J connectivity index is 0.939. The zero-order valence-electron chi connectivity index (χ0n) is 36.3. The molecule has 310 valence electrons. The fraction of sp³-hybridized carbons (Fsp3) is 0. The van der Waals surface area contributed by atoms with Crippen LogP contribution in [0.3, 0.4) is 0 Å². The average molecular weight is 841 g/mol. The van der Waals surface area contributed by atoms with Gasteiger partial charge in [-0.15, -0.1) is 0 Å². The average Bonchev–Trinajstić information content (AvgIpc) is 3.39. The number of hydrogen-bond acceptors (Lipinski definition) is 2. The minimum absolute atomic E-state index is 1.12. The molecule has 0 N–H and O–H groups in total. The lowest BCUT2D eigenvalue weighted by Crippen LogP contribution is -2.10. The van der Waals surface area contributed by atoms with E-state index in [0.717, 1.165) is 34.1 Å². The first kappa shape index (κ1) is 38.9. The zero-order valence-corrected chi connectivity index (χ0v) is 36.3. The molecule has 0 atom stereocenters. The Morgan fingerprint density at radius 1 is 0.197 bits per heavy atom. The van der Waals surface area contributed by atoms with E-state index in [1.807, 2.05) is 0 Å². The van der Waals surface area contributed by atoms with E-state index in [1.54, 1.807) is 0 Å². The van der Waals surface area contributed by atoms with E-state index in [4.69, 9.17) is 0 Å². The summed E-state index contributed by atoms with van der Waals surface area (Å²) in [4.78, 5) is 4.68. The van der Waals surface area contributed by atoms with Crippen molar-refractivity contribution < 1.29 is 0 Å². The van der Waals surface area contributed by atoms with E-state index in [0.29, 0.717) is 0 Å². The predicted octanol–water partition coefficient (Wildman–Crippen LogP) is 18.2. The second-order valence-electron chi connectivity index (χ2n) is 16.8. The molecular weight excluding hydrogens is 797 g/mol. The summed E-state index contributed by atoms with van der Waals surface area (Å²) in [5.74, 6) is 0. The van der Waals surface area contributed by atoms with Gasteiger partial charge in [0.05, 0.1) is 5.69 Å². The standard InChI is InChI=1S/C64H44N2/c1-5-19-48(20-6-1)65(49-21-7-2-8-22-49)52-38-37-45-43-47(36-35-46(45)44-52)53-39-40-61(55-28-14-13-27-54(53)55)58-33-17-32-57-56(58)31-18-34-59(57)62-41-42-64(63-30-16-15-29-60(62)63)66(50-23-9-3-10-24-50)51-25-11-4-12-26-51/h1-44H. The van der Waals surface area contributed by atoms with Crippen molar-refractivity contribution in [3.05, 3.63) is 267 Å². The van der Waals surface area contributed by atoms with E-state index in [2.05, 4.69) is 277 Å². The highest BCUT2D eigenvalue weighted by Gasteiger charge is 2.20. The smallest absolute Gasteiger partial charge is 0.0540 e. The van der Waals surface area contributed by atoms with Gasteiger partial charge in [-0.1, -0.05) is 194 Å². The number of nitrogens with zero attached hydrogens (tertiary/aromatic N) is 2. The topological polar surface area (TPSA) is 6.48 Å². The summed E-state index contributed by atoms with van der Waals surface area (Å²) < 4.78 is 0. The largest absolute Gasteiger partial charge is 0.310 e. The van der Waals surface area contributed by atoms with Gasteiger partial charge in [0.25, 0.3) is 0 Å². The highest BCUT2D eigenvalue weighted by molar-refractivity contribution is 6.15. The number of rotatable bonds is 9. The molecule has 2 heteroatoms. The Bertz CT molecular complexity index is 3620. The SMILES string of the molecule is c1ccc(N(c2ccccc2)c2ccc3cc(-c4ccc(-c5cccc6c(-c7ccc(N(c8ccccc8)c8ccccc8)c8ccccc78)cccc56)c5ccccc45)ccc3c2)cc1. The molecule has 0 amide bonds. The molecule has 0 aliphatic heterocycles. The van der Waals surface area contributed by atoms with Crippen molar-refractivity contribution in [2.24, 2.45) is 0 Å². The van der Waals surface area contributed by atoms with Gasteiger partial charge in [0.15, 0.2) is 0 Å². The van der Waals surface area contributed by atoms with Gasteiger partial charge in [0.1, 0.15) is 0 Å². The van der Waals surface area contributed by atoms with Crippen LogP contribution in [0.15, 0.2) is 267 Å². The lowest BCUT2D eigenvalue weighted by atomic mass is 9.87. The maximum absolute atomic E-state index is 2.36. The lowest BCUT2D eigenvalue weighted by molar-refractivity contribution is 1.29. The molecule has 12 aromatic carbocycles. The summed E-state index contributed by atoms with van der Waals surface area (Å²) >= 11 is 0. The highest BCUT2D eigenvalue weighted by atomic mass is 15.1. The first-order chi connectivity index (χ1) is 32.8. The summed E-state index contributed by atoms with van der Waals surface area (Å²) in [6, 6.07) is 96.8. The van der Waals surface area contributed by atoms with Crippen molar-refractivity contribution in [1.82, 2.24) is 0 Å². The molecule has 0 heterocycles. The number of hydrogen-bond donors (Lipinski definition) is 0. The molecule has 2 nitrogen and oxygen atoms in total. The van der Waals surface area contributed by atoms with Gasteiger partial charge in [-0.2, -0.15) is 0 Å². The Morgan fingerprint density at radius 2 is 0.561 bits per heavy atom. The van der Waals surface area contributed by atoms with Gasteiger partial charge in [-0.25, -0.2) is 0 Å². The van der Waals surface area contributed by atoms with E-state index in [9.17, 15) is 0 Å². The van der Waals surface area contributed by atoms with Gasteiger partial charge in [-0.3, -0.25) is 0 Å². The summed E-state index contributed by atoms with van der Waals surface area (Å²) in [5.41, 5.74) is 14.1. The van der Waals surface area contributed by atoms with Crippen LogP contribution in [-0.2, 0) is 0 Å². The minimum atomic E-state index is 1.12. The van der Waals surface area contributed by atoms with Gasteiger partial charge in [0, 0.05) is 33.8 Å². The van der Waals surface area contributed by atoms with Crippen LogP contribution in [0.5, 0.6) is 0 Å². The molecule has 0 aliphatic rings. The van der Waals surface area contributed by atoms with E-state index >= 15 is 0 Å². The van der Waals surface area contributed by atoms with Crippen molar-refractivity contribution in [3.8, 4) is 33.4 Å². The molecule has 0 bridgehead atoms. The van der Waals surface area contributed by atoms with Crippen LogP contribution < -0.4 is 9.80 Å².